The maximum atomic E-state index is 12.0. The molecule has 0 amide bonds. The zero-order valence-corrected chi connectivity index (χ0v) is 13.1. The molecule has 18 heavy (non-hydrogen) atoms. The van der Waals surface area contributed by atoms with Crippen LogP contribution >= 0.6 is 15.9 Å². The minimum absolute atomic E-state index is 0.226. The molecule has 0 bridgehead atoms. The van der Waals surface area contributed by atoms with E-state index in [1.54, 1.807) is 6.07 Å². The van der Waals surface area contributed by atoms with E-state index in [0.29, 0.717) is 16.8 Å². The molecule has 0 saturated carbocycles. The Kier molecular flexibility index (Phi) is 5.58. The Bertz CT molecular complexity index is 503. The fraction of sp³-hybridized carbons (Fsp3) is 0.455. The number of likely N-dealkylation sites (N-methyl/N-ethyl adjacent to an activating group) is 1. The third-order valence-corrected chi connectivity index (χ3v) is 4.43. The summed E-state index contributed by atoms with van der Waals surface area (Å²) in [5.74, 6) is 0.603. The van der Waals surface area contributed by atoms with Crippen LogP contribution in [0, 0.1) is 0 Å². The first kappa shape index (κ1) is 15.4. The summed E-state index contributed by atoms with van der Waals surface area (Å²) < 4.78 is 32.2. The van der Waals surface area contributed by atoms with Gasteiger partial charge in [-0.2, -0.15) is 0 Å². The predicted octanol–water partition coefficient (Wildman–Crippen LogP) is -0.119. The molecule has 0 aromatic heterocycles. The van der Waals surface area contributed by atoms with E-state index in [1.165, 1.54) is 24.1 Å². The van der Waals surface area contributed by atoms with Crippen molar-refractivity contribution in [2.75, 3.05) is 34.3 Å². The molecule has 0 saturated heterocycles. The van der Waals surface area contributed by atoms with Crippen molar-refractivity contribution in [3.05, 3.63) is 22.7 Å². The summed E-state index contributed by atoms with van der Waals surface area (Å²) in [4.78, 5) is 1.41. The molecule has 5 nitrogen and oxygen atoms in total. The molecule has 1 aromatic carbocycles. The quantitative estimate of drug-likeness (QED) is 0.760. The smallest absolute Gasteiger partial charge is 0.240 e. The highest BCUT2D eigenvalue weighted by atomic mass is 79.9. The highest BCUT2D eigenvalue weighted by Gasteiger charge is 2.15. The van der Waals surface area contributed by atoms with Crippen LogP contribution in [0.3, 0.4) is 0 Å². The van der Waals surface area contributed by atoms with Crippen molar-refractivity contribution in [2.24, 2.45) is 0 Å². The van der Waals surface area contributed by atoms with Crippen LogP contribution in [-0.2, 0) is 10.0 Å². The Hall–Kier alpha value is -0.630. The summed E-state index contributed by atoms with van der Waals surface area (Å²) in [6.45, 7) is 1.14. The van der Waals surface area contributed by atoms with E-state index in [-0.39, 0.29) is 4.90 Å². The predicted molar refractivity (Wildman–Crippen MR) is 73.6 cm³/mol. The number of methoxy groups -OCH3 is 1. The van der Waals surface area contributed by atoms with Crippen LogP contribution in [0.15, 0.2) is 27.6 Å². The summed E-state index contributed by atoms with van der Waals surface area (Å²) in [6, 6.07) is 4.67. The second kappa shape index (κ2) is 6.51. The Morgan fingerprint density at radius 3 is 2.56 bits per heavy atom. The summed E-state index contributed by atoms with van der Waals surface area (Å²) in [6.07, 6.45) is 0. The van der Waals surface area contributed by atoms with Crippen LogP contribution in [-0.4, -0.2) is 42.7 Å². The van der Waals surface area contributed by atoms with E-state index in [1.807, 2.05) is 14.1 Å². The standard InChI is InChI=1S/C11H17BrN2O3S/c1-14(2)7-6-13-18(15,16)9-4-5-11(17-3)10(12)8-9/h4-5,8,13H,6-7H2,1-3H3/p+1. The van der Waals surface area contributed by atoms with Crippen molar-refractivity contribution in [3.8, 4) is 5.75 Å². The first-order chi connectivity index (χ1) is 8.36. The monoisotopic (exact) mass is 337 g/mol. The SMILES string of the molecule is COc1ccc(S(=O)(=O)NCC[NH+](C)C)cc1Br. The van der Waals surface area contributed by atoms with E-state index in [9.17, 15) is 8.42 Å². The second-order valence-electron chi connectivity index (χ2n) is 4.15. The number of rotatable bonds is 6. The molecule has 0 radical (unpaired) electrons. The zero-order chi connectivity index (χ0) is 13.8. The van der Waals surface area contributed by atoms with Crippen LogP contribution in [0.1, 0.15) is 0 Å². The molecule has 0 spiro atoms. The largest absolute Gasteiger partial charge is 0.496 e. The van der Waals surface area contributed by atoms with Crippen LogP contribution in [0.2, 0.25) is 0 Å². The highest BCUT2D eigenvalue weighted by Crippen LogP contribution is 2.27. The van der Waals surface area contributed by atoms with Crippen molar-refractivity contribution in [3.63, 3.8) is 0 Å². The van der Waals surface area contributed by atoms with Crippen molar-refractivity contribution >= 4 is 26.0 Å². The third kappa shape index (κ3) is 4.24. The van der Waals surface area contributed by atoms with Gasteiger partial charge < -0.3 is 9.64 Å². The fourth-order valence-electron chi connectivity index (χ4n) is 1.33. The van der Waals surface area contributed by atoms with Crippen LogP contribution < -0.4 is 14.4 Å². The fourth-order valence-corrected chi connectivity index (χ4v) is 3.08. The molecule has 102 valence electrons. The lowest BCUT2D eigenvalue weighted by molar-refractivity contribution is -0.856. The number of nitrogens with one attached hydrogen (secondary N) is 2. The lowest BCUT2D eigenvalue weighted by Gasteiger charge is -2.10. The molecule has 2 N–H and O–H groups in total. The minimum Gasteiger partial charge on any atom is -0.496 e. The van der Waals surface area contributed by atoms with Crippen molar-refractivity contribution < 1.29 is 18.1 Å². The molecule has 1 rings (SSSR count). The van der Waals surface area contributed by atoms with E-state index in [2.05, 4.69) is 20.7 Å². The van der Waals surface area contributed by atoms with Crippen molar-refractivity contribution in [1.29, 1.82) is 0 Å². The van der Waals surface area contributed by atoms with Crippen molar-refractivity contribution in [1.82, 2.24) is 4.72 Å². The molecule has 0 heterocycles. The molecule has 0 fully saturated rings. The molecule has 0 aliphatic carbocycles. The molecule has 0 aliphatic heterocycles. The molecule has 0 unspecified atom stereocenters. The zero-order valence-electron chi connectivity index (χ0n) is 10.7. The Balaban J connectivity index is 2.82. The van der Waals surface area contributed by atoms with Gasteiger partial charge in [0.25, 0.3) is 0 Å². The number of halogens is 1. The van der Waals surface area contributed by atoms with E-state index in [4.69, 9.17) is 4.74 Å². The summed E-state index contributed by atoms with van der Waals surface area (Å²) in [7, 11) is 2.02. The molecule has 0 aliphatic rings. The van der Waals surface area contributed by atoms with Gasteiger partial charge in [-0.15, -0.1) is 0 Å². The highest BCUT2D eigenvalue weighted by molar-refractivity contribution is 9.10. The average Bonchev–Trinajstić information content (AvgIpc) is 2.28. The van der Waals surface area contributed by atoms with Crippen LogP contribution in [0.4, 0.5) is 0 Å². The molecule has 0 atom stereocenters. The first-order valence-corrected chi connectivity index (χ1v) is 7.76. The lowest BCUT2D eigenvalue weighted by Crippen LogP contribution is -3.06. The summed E-state index contributed by atoms with van der Waals surface area (Å²) in [5.41, 5.74) is 0. The number of hydrogen-bond donors (Lipinski definition) is 2. The number of ether oxygens (including phenoxy) is 1. The van der Waals surface area contributed by atoms with Gasteiger partial charge in [-0.3, -0.25) is 0 Å². The normalized spacial score (nSPS) is 11.8. The lowest BCUT2D eigenvalue weighted by atomic mass is 10.3. The van der Waals surface area contributed by atoms with E-state index < -0.39 is 10.0 Å². The van der Waals surface area contributed by atoms with Gasteiger partial charge in [0.1, 0.15) is 5.75 Å². The van der Waals surface area contributed by atoms with Gasteiger partial charge in [-0.1, -0.05) is 0 Å². The molecule has 1 aromatic rings. The molecular formula is C11H18BrN2O3S+. The second-order valence-corrected chi connectivity index (χ2v) is 6.77. The number of quaternary nitrogens is 1. The van der Waals surface area contributed by atoms with Crippen molar-refractivity contribution in [2.45, 2.75) is 4.90 Å². The topological polar surface area (TPSA) is 59.8 Å². The van der Waals surface area contributed by atoms with Gasteiger partial charge in [0.15, 0.2) is 0 Å². The Morgan fingerprint density at radius 2 is 2.06 bits per heavy atom. The van der Waals surface area contributed by atoms with Gasteiger partial charge in [0.05, 0.1) is 43.7 Å². The van der Waals surface area contributed by atoms with Crippen LogP contribution in [0.25, 0.3) is 0 Å². The van der Waals surface area contributed by atoms with Crippen LogP contribution in [0.5, 0.6) is 5.75 Å². The number of hydrogen-bond acceptors (Lipinski definition) is 3. The molecular weight excluding hydrogens is 320 g/mol. The summed E-state index contributed by atoms with van der Waals surface area (Å²) >= 11 is 3.27. The van der Waals surface area contributed by atoms with Gasteiger partial charge in [-0.05, 0) is 34.1 Å². The third-order valence-electron chi connectivity index (χ3n) is 2.35. The maximum Gasteiger partial charge on any atom is 0.240 e. The Labute approximate surface area is 116 Å². The Morgan fingerprint density at radius 1 is 1.39 bits per heavy atom. The first-order valence-electron chi connectivity index (χ1n) is 5.49. The molecule has 7 heteroatoms. The summed E-state index contributed by atoms with van der Waals surface area (Å²) in [5, 5.41) is 0. The van der Waals surface area contributed by atoms with Gasteiger partial charge in [0.2, 0.25) is 10.0 Å². The average molecular weight is 338 g/mol. The number of sulfonamides is 1. The van der Waals surface area contributed by atoms with Gasteiger partial charge >= 0.3 is 0 Å². The van der Waals surface area contributed by atoms with E-state index >= 15 is 0 Å². The minimum atomic E-state index is -3.45. The maximum absolute atomic E-state index is 12.0. The number of benzene rings is 1. The van der Waals surface area contributed by atoms with E-state index in [0.717, 1.165) is 6.54 Å². The van der Waals surface area contributed by atoms with Gasteiger partial charge in [0, 0.05) is 0 Å². The van der Waals surface area contributed by atoms with Gasteiger partial charge in [-0.25, -0.2) is 13.1 Å².